The second-order valence-electron chi connectivity index (χ2n) is 5.01. The summed E-state index contributed by atoms with van der Waals surface area (Å²) in [5.41, 5.74) is 1.96. The van der Waals surface area contributed by atoms with E-state index in [1.807, 2.05) is 54.6 Å². The molecule has 0 fully saturated rings. The summed E-state index contributed by atoms with van der Waals surface area (Å²) in [6.07, 6.45) is 2.22. The van der Waals surface area contributed by atoms with E-state index in [4.69, 9.17) is 9.47 Å². The van der Waals surface area contributed by atoms with E-state index in [1.54, 1.807) is 20.2 Å². The molecule has 0 heterocycles. The van der Waals surface area contributed by atoms with Gasteiger partial charge in [0.15, 0.2) is 6.04 Å². The van der Waals surface area contributed by atoms with E-state index >= 15 is 0 Å². The minimum Gasteiger partial charge on any atom is -0.497 e. The lowest BCUT2D eigenvalue weighted by molar-refractivity contribution is -0.144. The molecule has 0 aromatic heterocycles. The van der Waals surface area contributed by atoms with Gasteiger partial charge in [0.25, 0.3) is 0 Å². The fraction of sp³-hybridized carbons (Fsp3) is 0.263. The molecule has 2 rings (SSSR count). The maximum Gasteiger partial charge on any atom is 0.331 e. The predicted octanol–water partition coefficient (Wildman–Crippen LogP) is 3.29. The Labute approximate surface area is 136 Å². The second kappa shape index (κ2) is 8.73. The Morgan fingerprint density at radius 2 is 1.83 bits per heavy atom. The fourth-order valence-electron chi connectivity index (χ4n) is 2.14. The van der Waals surface area contributed by atoms with Gasteiger partial charge in [-0.3, -0.25) is 4.99 Å². The van der Waals surface area contributed by atoms with Crippen LogP contribution in [0.15, 0.2) is 59.6 Å². The number of rotatable bonds is 7. The first-order valence-electron chi connectivity index (χ1n) is 7.60. The molecule has 0 amide bonds. The van der Waals surface area contributed by atoms with Gasteiger partial charge >= 0.3 is 5.97 Å². The number of ether oxygens (including phenoxy) is 2. The molecule has 2 aromatic rings. The molecule has 120 valence electrons. The Morgan fingerprint density at radius 1 is 1.13 bits per heavy atom. The molecular formula is C19H21NO3. The molecule has 0 radical (unpaired) electrons. The fourth-order valence-corrected chi connectivity index (χ4v) is 2.14. The first kappa shape index (κ1) is 16.7. The van der Waals surface area contributed by atoms with Crippen molar-refractivity contribution in [3.05, 3.63) is 65.7 Å². The van der Waals surface area contributed by atoms with Gasteiger partial charge in [0.2, 0.25) is 0 Å². The highest BCUT2D eigenvalue weighted by atomic mass is 16.5. The number of hydrogen-bond donors (Lipinski definition) is 0. The first-order valence-corrected chi connectivity index (χ1v) is 7.60. The van der Waals surface area contributed by atoms with Crippen molar-refractivity contribution >= 4 is 12.2 Å². The van der Waals surface area contributed by atoms with E-state index in [2.05, 4.69) is 4.99 Å². The Hall–Kier alpha value is -2.62. The molecule has 2 aromatic carbocycles. The largest absolute Gasteiger partial charge is 0.497 e. The van der Waals surface area contributed by atoms with Crippen molar-refractivity contribution < 1.29 is 14.3 Å². The van der Waals surface area contributed by atoms with Gasteiger partial charge in [0.05, 0.1) is 13.7 Å². The minimum absolute atomic E-state index is 0.305. The summed E-state index contributed by atoms with van der Waals surface area (Å²) in [4.78, 5) is 16.5. The number of hydrogen-bond acceptors (Lipinski definition) is 4. The van der Waals surface area contributed by atoms with E-state index in [-0.39, 0.29) is 5.97 Å². The third-order valence-corrected chi connectivity index (χ3v) is 3.35. The minimum atomic E-state index is -0.542. The number of esters is 1. The predicted molar refractivity (Wildman–Crippen MR) is 91.2 cm³/mol. The molecule has 0 aliphatic heterocycles. The summed E-state index contributed by atoms with van der Waals surface area (Å²) in [5, 5.41) is 0. The molecule has 0 aliphatic rings. The Morgan fingerprint density at radius 3 is 2.43 bits per heavy atom. The Bertz CT molecular complexity index is 635. The van der Waals surface area contributed by atoms with Crippen LogP contribution in [0.3, 0.4) is 0 Å². The molecule has 23 heavy (non-hydrogen) atoms. The van der Waals surface area contributed by atoms with Crippen LogP contribution in [0.5, 0.6) is 5.75 Å². The molecule has 0 aliphatic carbocycles. The van der Waals surface area contributed by atoms with Gasteiger partial charge in [0, 0.05) is 12.6 Å². The van der Waals surface area contributed by atoms with Gasteiger partial charge in [-0.1, -0.05) is 30.3 Å². The summed E-state index contributed by atoms with van der Waals surface area (Å²) in [7, 11) is 1.62. The van der Waals surface area contributed by atoms with Crippen molar-refractivity contribution in [3.63, 3.8) is 0 Å². The summed E-state index contributed by atoms with van der Waals surface area (Å²) < 4.78 is 10.3. The first-order chi connectivity index (χ1) is 11.2. The molecule has 0 bridgehead atoms. The molecule has 0 unspecified atom stereocenters. The van der Waals surface area contributed by atoms with Gasteiger partial charge < -0.3 is 9.47 Å². The van der Waals surface area contributed by atoms with Crippen LogP contribution in [0, 0.1) is 0 Å². The Kier molecular flexibility index (Phi) is 6.36. The van der Waals surface area contributed by atoms with Crippen LogP contribution in [0.4, 0.5) is 0 Å². The molecule has 0 N–H and O–H groups in total. The molecule has 4 heteroatoms. The van der Waals surface area contributed by atoms with Crippen LogP contribution in [-0.2, 0) is 16.0 Å². The lowest BCUT2D eigenvalue weighted by Crippen LogP contribution is -2.24. The standard InChI is InChI=1S/C19H21NO3/c1-3-23-19(21)18(13-15-7-5-4-6-8-15)20-14-16-9-11-17(22-2)12-10-16/h4-12,14,18H,3,13H2,1-2H3/t18-/m0/s1. The zero-order chi connectivity index (χ0) is 16.5. The van der Waals surface area contributed by atoms with E-state index in [0.29, 0.717) is 13.0 Å². The van der Waals surface area contributed by atoms with Crippen LogP contribution in [0.1, 0.15) is 18.1 Å². The zero-order valence-electron chi connectivity index (χ0n) is 13.4. The normalized spacial score (nSPS) is 12.1. The number of benzene rings is 2. The summed E-state index contributed by atoms with van der Waals surface area (Å²) in [6.45, 7) is 2.15. The Balaban J connectivity index is 2.12. The van der Waals surface area contributed by atoms with Crippen LogP contribution in [0.2, 0.25) is 0 Å². The summed E-state index contributed by atoms with van der Waals surface area (Å²) in [6, 6.07) is 16.8. The van der Waals surface area contributed by atoms with Crippen LogP contribution >= 0.6 is 0 Å². The van der Waals surface area contributed by atoms with Gasteiger partial charge in [0.1, 0.15) is 5.75 Å². The molecule has 1 atom stereocenters. The highest BCUT2D eigenvalue weighted by molar-refractivity contribution is 5.84. The zero-order valence-corrected chi connectivity index (χ0v) is 13.4. The average Bonchev–Trinajstić information content (AvgIpc) is 2.60. The highest BCUT2D eigenvalue weighted by Crippen LogP contribution is 2.11. The van der Waals surface area contributed by atoms with Crippen molar-refractivity contribution in [1.82, 2.24) is 0 Å². The highest BCUT2D eigenvalue weighted by Gasteiger charge is 2.18. The quantitative estimate of drug-likeness (QED) is 0.582. The van der Waals surface area contributed by atoms with Gasteiger partial charge in [-0.15, -0.1) is 0 Å². The SMILES string of the molecule is CCOC(=O)[C@H](Cc1ccccc1)N=Cc1ccc(OC)cc1. The maximum absolute atomic E-state index is 12.1. The van der Waals surface area contributed by atoms with Gasteiger partial charge in [-0.25, -0.2) is 4.79 Å². The number of aliphatic imine (C=N–C) groups is 1. The molecule has 4 nitrogen and oxygen atoms in total. The number of carbonyl (C=O) groups excluding carboxylic acids is 1. The third kappa shape index (κ3) is 5.25. The summed E-state index contributed by atoms with van der Waals surface area (Å²) in [5.74, 6) is 0.481. The van der Waals surface area contributed by atoms with Crippen LogP contribution in [0.25, 0.3) is 0 Å². The van der Waals surface area contributed by atoms with Crippen LogP contribution < -0.4 is 4.74 Å². The molecule has 0 saturated carbocycles. The van der Waals surface area contributed by atoms with E-state index in [1.165, 1.54) is 0 Å². The molecule has 0 spiro atoms. The van der Waals surface area contributed by atoms with Crippen molar-refractivity contribution in [1.29, 1.82) is 0 Å². The average molecular weight is 311 g/mol. The van der Waals surface area contributed by atoms with Crippen molar-refractivity contribution in [2.75, 3.05) is 13.7 Å². The topological polar surface area (TPSA) is 47.9 Å². The van der Waals surface area contributed by atoms with Crippen molar-refractivity contribution in [2.45, 2.75) is 19.4 Å². The summed E-state index contributed by atoms with van der Waals surface area (Å²) >= 11 is 0. The number of carbonyl (C=O) groups is 1. The second-order valence-corrected chi connectivity index (χ2v) is 5.01. The van der Waals surface area contributed by atoms with E-state index < -0.39 is 6.04 Å². The van der Waals surface area contributed by atoms with E-state index in [0.717, 1.165) is 16.9 Å². The molecule has 0 saturated heterocycles. The smallest absolute Gasteiger partial charge is 0.331 e. The van der Waals surface area contributed by atoms with Gasteiger partial charge in [-0.2, -0.15) is 0 Å². The van der Waals surface area contributed by atoms with Gasteiger partial charge in [-0.05, 0) is 42.3 Å². The van der Waals surface area contributed by atoms with Crippen molar-refractivity contribution in [3.8, 4) is 5.75 Å². The van der Waals surface area contributed by atoms with Crippen molar-refractivity contribution in [2.24, 2.45) is 4.99 Å². The monoisotopic (exact) mass is 311 g/mol. The third-order valence-electron chi connectivity index (χ3n) is 3.35. The molecular weight excluding hydrogens is 290 g/mol. The lowest BCUT2D eigenvalue weighted by atomic mass is 10.1. The van der Waals surface area contributed by atoms with E-state index in [9.17, 15) is 4.79 Å². The maximum atomic E-state index is 12.1. The number of nitrogens with zero attached hydrogens (tertiary/aromatic N) is 1. The lowest BCUT2D eigenvalue weighted by Gasteiger charge is -2.11. The number of methoxy groups -OCH3 is 1. The van der Waals surface area contributed by atoms with Crippen LogP contribution in [-0.4, -0.2) is 31.9 Å².